The molecule has 0 saturated heterocycles. The first-order valence-electron chi connectivity index (χ1n) is 28.8. The number of hydrogen-bond donors (Lipinski definition) is 7. The largest absolute Gasteiger partial charge is 0.393 e. The number of aliphatic hydroxyl groups is 6. The summed E-state index contributed by atoms with van der Waals surface area (Å²) in [4.78, 5) is 38.4. The Kier molecular flexibility index (Phi) is 13.4. The van der Waals surface area contributed by atoms with Crippen molar-refractivity contribution in [1.82, 2.24) is 19.6 Å². The van der Waals surface area contributed by atoms with Gasteiger partial charge in [-0.3, -0.25) is 14.4 Å². The Morgan fingerprint density at radius 2 is 1.20 bits per heavy atom. The highest BCUT2D eigenvalue weighted by molar-refractivity contribution is 6.04. The number of hydrogen-bond acceptors (Lipinski definition) is 11. The monoisotopic (exact) mass is 1070 g/mol. The summed E-state index contributed by atoms with van der Waals surface area (Å²) in [5.74, 6) is -1.24. The third-order valence-electron chi connectivity index (χ3n) is 21.7. The molecule has 6 saturated carbocycles. The normalized spacial score (nSPS) is 36.5. The van der Waals surface area contributed by atoms with E-state index in [1.807, 2.05) is 78.1 Å². The summed E-state index contributed by atoms with van der Waals surface area (Å²) in [6, 6.07) is 23.6. The number of aryl methyl sites for hydroxylation is 2. The number of aromatic nitrogens is 4. The first kappa shape index (κ1) is 53.8. The third kappa shape index (κ3) is 8.60. The Labute approximate surface area is 462 Å². The molecule has 0 radical (unpaired) electrons. The number of allylic oxidation sites excluding steroid dienone is 2. The van der Waals surface area contributed by atoms with Gasteiger partial charge >= 0.3 is 0 Å². The Morgan fingerprint density at radius 1 is 0.658 bits per heavy atom. The molecule has 416 valence electrons. The van der Waals surface area contributed by atoms with Crippen molar-refractivity contribution in [2.45, 2.75) is 130 Å². The number of fused-ring (bicyclic) bond motifs is 12. The van der Waals surface area contributed by atoms with E-state index in [0.29, 0.717) is 31.2 Å². The van der Waals surface area contributed by atoms with Gasteiger partial charge in [-0.2, -0.15) is 10.2 Å². The van der Waals surface area contributed by atoms with Gasteiger partial charge in [0.25, 0.3) is 5.91 Å². The molecule has 1 amide bonds. The van der Waals surface area contributed by atoms with Crippen LogP contribution in [0.25, 0.3) is 23.5 Å². The van der Waals surface area contributed by atoms with E-state index in [1.54, 1.807) is 6.07 Å². The number of amides is 1. The highest BCUT2D eigenvalue weighted by Gasteiger charge is 2.67. The standard InChI is InChI=1S/C36H41N3O5.C29H36N2O4/c1-20-6-4-8-24(12-20)37-34(44)21-7-5-9-25(13-21)39-18-22-16-35(2)23(14-28(22)38-39)10-11-26-27-15-29(41)33(31(43)19-40)36(27,3)17-30(42)32(26)35;1-16-5-4-6-19(9-16)31-22-10-18-7-8-20-21-11-23(33)27(25(35)15-32)29(21,3)13-24(34)26(20)28(18,2)12-17(22)14-30-31/h4-9,12-14,18,26-27,29-30,32-33,40-42H,10-11,15-17,19H2,1-3H3,(H,37,44);4-6,9-10,14,20-21,23-24,26-27,32-34H,7-8,11-13,15H2,1-3H3/t26-,27-,29+,30-,32+,33+,35-,36-;20-,21-,23+,24-,26+,27+,28-,29-/m00/s1. The molecule has 0 spiro atoms. The summed E-state index contributed by atoms with van der Waals surface area (Å²) in [7, 11) is 0. The first-order valence-corrected chi connectivity index (χ1v) is 28.8. The number of benzene rings is 3. The molecule has 8 aliphatic rings. The molecule has 5 aromatic rings. The molecule has 7 N–H and O–H groups in total. The number of aliphatic hydroxyl groups excluding tert-OH is 6. The predicted molar refractivity (Wildman–Crippen MR) is 300 cm³/mol. The van der Waals surface area contributed by atoms with Crippen LogP contribution in [0.5, 0.6) is 0 Å². The van der Waals surface area contributed by atoms with Gasteiger partial charge in [-0.15, -0.1) is 0 Å². The minimum absolute atomic E-state index is 0.000834. The van der Waals surface area contributed by atoms with E-state index in [2.05, 4.69) is 69.4 Å². The van der Waals surface area contributed by atoms with Crippen molar-refractivity contribution in [2.24, 2.45) is 69.0 Å². The van der Waals surface area contributed by atoms with Crippen LogP contribution >= 0.6 is 0 Å². The fourth-order valence-electron chi connectivity index (χ4n) is 18.6. The molecule has 0 unspecified atom stereocenters. The zero-order valence-electron chi connectivity index (χ0n) is 46.3. The van der Waals surface area contributed by atoms with E-state index in [4.69, 9.17) is 10.2 Å². The minimum atomic E-state index is -0.786. The predicted octanol–water partition coefficient (Wildman–Crippen LogP) is 8.22. The fourth-order valence-corrected chi connectivity index (χ4v) is 18.6. The van der Waals surface area contributed by atoms with Crippen molar-refractivity contribution in [3.8, 4) is 11.4 Å². The van der Waals surface area contributed by atoms with Gasteiger partial charge in [0.05, 0.1) is 65.2 Å². The Balaban J connectivity index is 0.000000162. The van der Waals surface area contributed by atoms with Crippen LogP contribution in [0, 0.1) is 82.9 Å². The molecule has 3 aromatic carbocycles. The minimum Gasteiger partial charge on any atom is -0.393 e. The number of nitrogens with one attached hydrogen (secondary N) is 1. The van der Waals surface area contributed by atoms with Crippen molar-refractivity contribution in [2.75, 3.05) is 18.5 Å². The topological polar surface area (TPSA) is 220 Å². The van der Waals surface area contributed by atoms with Gasteiger partial charge in [0.15, 0.2) is 11.6 Å². The highest BCUT2D eigenvalue weighted by Crippen LogP contribution is 2.68. The number of ketones is 2. The second-order valence-corrected chi connectivity index (χ2v) is 26.2. The van der Waals surface area contributed by atoms with E-state index < -0.39 is 60.3 Å². The molecule has 79 heavy (non-hydrogen) atoms. The van der Waals surface area contributed by atoms with Crippen LogP contribution in [0.3, 0.4) is 0 Å². The Bertz CT molecular complexity index is 3320. The average molecular weight is 1070 g/mol. The number of nitrogens with zero attached hydrogens (tertiary/aromatic N) is 4. The van der Waals surface area contributed by atoms with Crippen LogP contribution in [-0.2, 0) is 22.4 Å². The van der Waals surface area contributed by atoms with Gasteiger partial charge < -0.3 is 36.0 Å². The van der Waals surface area contributed by atoms with Crippen LogP contribution in [-0.4, -0.2) is 105 Å². The second kappa shape index (κ2) is 19.7. The molecule has 8 aliphatic carbocycles. The van der Waals surface area contributed by atoms with Crippen molar-refractivity contribution in [3.05, 3.63) is 136 Å². The molecule has 16 atom stereocenters. The summed E-state index contributed by atoms with van der Waals surface area (Å²) in [5, 5.41) is 77.1. The SMILES string of the molecule is Cc1cccc(-n2ncc3c2C=C2CC[C@@H]4[C@H]([C@@H](O)C[C@@]5(C)[C@H]4C[C@@H](O)[C@@H]5C(=O)CO)[C@@]2(C)C3)c1.Cc1cccc(NC(=O)c2cccc(-n3cc4c(n3)C=C3CC[C@@H]5[C@H]([C@@H](O)C[C@@]6(C)[C@H]5C[C@@H](O)[C@@H]6C(=O)CO)[C@@]3(C)C4)c2)c1. The molecule has 0 bridgehead atoms. The van der Waals surface area contributed by atoms with E-state index in [0.717, 1.165) is 78.1 Å². The second-order valence-electron chi connectivity index (χ2n) is 26.2. The van der Waals surface area contributed by atoms with Gasteiger partial charge in [-0.25, -0.2) is 9.36 Å². The number of anilines is 1. The maximum atomic E-state index is 13.1. The number of carbonyl (C=O) groups excluding carboxylic acids is 3. The molecule has 14 nitrogen and oxygen atoms in total. The lowest BCUT2D eigenvalue weighted by atomic mass is 9.46. The molecular weight excluding hydrogens is 995 g/mol. The zero-order chi connectivity index (χ0) is 55.7. The van der Waals surface area contributed by atoms with Crippen molar-refractivity contribution < 1.29 is 45.0 Å². The van der Waals surface area contributed by atoms with Gasteiger partial charge in [-0.1, -0.05) is 69.2 Å². The number of Topliss-reactive ketones (excluding diaryl/α,β-unsaturated/α-hetero) is 2. The van der Waals surface area contributed by atoms with Crippen molar-refractivity contribution in [1.29, 1.82) is 0 Å². The van der Waals surface area contributed by atoms with Crippen LogP contribution in [0.4, 0.5) is 5.69 Å². The van der Waals surface area contributed by atoms with Gasteiger partial charge in [0, 0.05) is 17.4 Å². The molecule has 2 aromatic heterocycles. The smallest absolute Gasteiger partial charge is 0.255 e. The quantitative estimate of drug-likeness (QED) is 0.0785. The number of rotatable bonds is 8. The van der Waals surface area contributed by atoms with Crippen molar-refractivity contribution >= 4 is 35.3 Å². The molecule has 2 heterocycles. The molecule has 0 aliphatic heterocycles. The van der Waals surface area contributed by atoms with E-state index in [9.17, 15) is 45.0 Å². The molecule has 13 rings (SSSR count). The average Bonchev–Trinajstić information content (AvgIpc) is 4.39. The number of carbonyl (C=O) groups is 3. The first-order chi connectivity index (χ1) is 37.7. The van der Waals surface area contributed by atoms with Crippen LogP contribution in [0.15, 0.2) is 96.3 Å². The van der Waals surface area contributed by atoms with Gasteiger partial charge in [0.1, 0.15) is 13.2 Å². The lowest BCUT2D eigenvalue weighted by Gasteiger charge is -2.59. The maximum absolute atomic E-state index is 13.1. The Morgan fingerprint density at radius 3 is 1.78 bits per heavy atom. The summed E-state index contributed by atoms with van der Waals surface area (Å²) in [6.45, 7) is 11.6. The molecule has 14 heteroatoms. The highest BCUT2D eigenvalue weighted by atomic mass is 16.3. The maximum Gasteiger partial charge on any atom is 0.255 e. The van der Waals surface area contributed by atoms with E-state index in [-0.39, 0.29) is 63.8 Å². The Hall–Kier alpha value is -5.87. The van der Waals surface area contributed by atoms with Crippen LogP contribution in [0.2, 0.25) is 0 Å². The molecular formula is C65H77N5O9. The third-order valence-corrected chi connectivity index (χ3v) is 21.7. The van der Waals surface area contributed by atoms with E-state index >= 15 is 0 Å². The van der Waals surface area contributed by atoms with Crippen LogP contribution in [0.1, 0.15) is 123 Å². The van der Waals surface area contributed by atoms with E-state index in [1.165, 1.54) is 22.3 Å². The molecule has 6 fully saturated rings. The van der Waals surface area contributed by atoms with Crippen molar-refractivity contribution in [3.63, 3.8) is 0 Å². The lowest BCUT2D eigenvalue weighted by Crippen LogP contribution is -2.57. The summed E-state index contributed by atoms with van der Waals surface area (Å²) in [6.07, 6.45) is 13.1. The van der Waals surface area contributed by atoms with Crippen LogP contribution < -0.4 is 5.32 Å². The van der Waals surface area contributed by atoms with Gasteiger partial charge in [-0.05, 0) is 212 Å². The lowest BCUT2D eigenvalue weighted by molar-refractivity contribution is -0.147. The fraction of sp³-hybridized carbons (Fsp3) is 0.523. The van der Waals surface area contributed by atoms with Gasteiger partial charge in [0.2, 0.25) is 0 Å². The zero-order valence-corrected chi connectivity index (χ0v) is 46.3. The summed E-state index contributed by atoms with van der Waals surface area (Å²) < 4.78 is 3.88. The summed E-state index contributed by atoms with van der Waals surface area (Å²) in [5.41, 5.74) is 11.0. The summed E-state index contributed by atoms with van der Waals surface area (Å²) >= 11 is 0.